The third-order valence-electron chi connectivity index (χ3n) is 6.09. The Bertz CT molecular complexity index is 1050. The molecule has 5 heteroatoms. The molecule has 0 bridgehead atoms. The number of hydrogen-bond donors (Lipinski definition) is 1. The van der Waals surface area contributed by atoms with Gasteiger partial charge in [0.2, 0.25) is 12.5 Å². The third kappa shape index (κ3) is 2.28. The number of rotatable bonds is 2. The summed E-state index contributed by atoms with van der Waals surface area (Å²) in [4.78, 5) is 3.58. The average Bonchev–Trinajstić information content (AvgIpc) is 3.23. The van der Waals surface area contributed by atoms with Gasteiger partial charge < -0.3 is 23.7 Å². The molecule has 0 amide bonds. The van der Waals surface area contributed by atoms with Gasteiger partial charge in [0.15, 0.2) is 11.5 Å². The molecule has 5 nitrogen and oxygen atoms in total. The number of nitrogens with zero attached hydrogens (tertiary/aromatic N) is 1. The molecule has 2 aromatic carbocycles. The third-order valence-corrected chi connectivity index (χ3v) is 6.09. The van der Waals surface area contributed by atoms with Crippen molar-refractivity contribution in [3.8, 4) is 17.2 Å². The fourth-order valence-corrected chi connectivity index (χ4v) is 4.82. The Labute approximate surface area is 159 Å². The van der Waals surface area contributed by atoms with E-state index >= 15 is 0 Å². The Balaban J connectivity index is 1.84. The van der Waals surface area contributed by atoms with E-state index in [0.717, 1.165) is 34.7 Å². The van der Waals surface area contributed by atoms with E-state index in [9.17, 15) is 0 Å². The molecule has 0 spiro atoms. The predicted molar refractivity (Wildman–Crippen MR) is 105 cm³/mol. The van der Waals surface area contributed by atoms with Crippen molar-refractivity contribution in [1.29, 1.82) is 0 Å². The molecular weight excluding hydrogens is 340 g/mol. The second kappa shape index (κ2) is 5.67. The van der Waals surface area contributed by atoms with Gasteiger partial charge in [-0.2, -0.15) is 0 Å². The van der Waals surface area contributed by atoms with Crippen LogP contribution in [0.1, 0.15) is 28.4 Å². The predicted octanol–water partition coefficient (Wildman–Crippen LogP) is 3.94. The monoisotopic (exact) mass is 365 g/mol. The van der Waals surface area contributed by atoms with Crippen LogP contribution in [-0.4, -0.2) is 44.0 Å². The molecule has 3 aromatic rings. The van der Waals surface area contributed by atoms with Crippen LogP contribution in [-0.2, 0) is 6.42 Å². The van der Waals surface area contributed by atoms with Crippen molar-refractivity contribution in [2.75, 3.05) is 34.5 Å². The first-order valence-corrected chi connectivity index (χ1v) is 9.40. The minimum absolute atomic E-state index is 0.161. The number of H-pyrrole nitrogens is 1. The van der Waals surface area contributed by atoms with Crippen LogP contribution in [0.15, 0.2) is 30.3 Å². The van der Waals surface area contributed by atoms with E-state index in [1.165, 1.54) is 33.3 Å². The standard InChI is InChI=1S/C22H25N2O3/c1-13-18(15-7-5-6-8-16(15)23-13)20-19-14(9-10-24(20,2)3)11-17-21(22(19)25-4)27-12-26-17/h5-8,11,20,23H,9-10,12H2,1-4H3/q+1. The molecule has 0 saturated heterocycles. The topological polar surface area (TPSA) is 43.5 Å². The maximum Gasteiger partial charge on any atom is 0.231 e. The summed E-state index contributed by atoms with van der Waals surface area (Å²) in [6.45, 7) is 3.48. The van der Waals surface area contributed by atoms with Crippen LogP contribution >= 0.6 is 0 Å². The summed E-state index contributed by atoms with van der Waals surface area (Å²) in [5, 5.41) is 1.28. The Morgan fingerprint density at radius 1 is 1.15 bits per heavy atom. The van der Waals surface area contributed by atoms with Crippen LogP contribution in [0, 0.1) is 6.92 Å². The maximum absolute atomic E-state index is 5.90. The summed E-state index contributed by atoms with van der Waals surface area (Å²) >= 11 is 0. The van der Waals surface area contributed by atoms with E-state index < -0.39 is 0 Å². The van der Waals surface area contributed by atoms with Gasteiger partial charge in [-0.05, 0) is 24.6 Å². The fourth-order valence-electron chi connectivity index (χ4n) is 4.82. The summed E-state index contributed by atoms with van der Waals surface area (Å²) in [7, 11) is 6.34. The molecule has 1 N–H and O–H groups in total. The average molecular weight is 365 g/mol. The van der Waals surface area contributed by atoms with Gasteiger partial charge >= 0.3 is 0 Å². The molecule has 140 valence electrons. The van der Waals surface area contributed by atoms with Crippen molar-refractivity contribution >= 4 is 10.9 Å². The van der Waals surface area contributed by atoms with Gasteiger partial charge in [0, 0.05) is 28.6 Å². The minimum Gasteiger partial charge on any atom is -0.492 e. The van der Waals surface area contributed by atoms with Crippen molar-refractivity contribution < 1.29 is 18.7 Å². The van der Waals surface area contributed by atoms with Gasteiger partial charge in [0.25, 0.3) is 0 Å². The molecule has 0 aliphatic carbocycles. The number of aryl methyl sites for hydroxylation is 1. The number of nitrogens with one attached hydrogen (secondary N) is 1. The van der Waals surface area contributed by atoms with Gasteiger partial charge in [-0.1, -0.05) is 18.2 Å². The molecule has 1 unspecified atom stereocenters. The zero-order valence-electron chi connectivity index (χ0n) is 16.3. The first-order chi connectivity index (χ1) is 13.0. The second-order valence-corrected chi connectivity index (χ2v) is 8.08. The highest BCUT2D eigenvalue weighted by Crippen LogP contribution is 2.53. The number of hydrogen-bond acceptors (Lipinski definition) is 3. The summed E-state index contributed by atoms with van der Waals surface area (Å²) in [5.74, 6) is 2.36. The van der Waals surface area contributed by atoms with Crippen molar-refractivity contribution in [2.24, 2.45) is 0 Å². The SMILES string of the molecule is COc1c2c(cc3c1C(c1c(C)[nH]c4ccccc14)[N+](C)(C)CC3)OCO2. The van der Waals surface area contributed by atoms with Gasteiger partial charge in [-0.15, -0.1) is 0 Å². The zero-order valence-corrected chi connectivity index (χ0v) is 16.3. The molecule has 1 aromatic heterocycles. The molecule has 0 saturated carbocycles. The lowest BCUT2D eigenvalue weighted by molar-refractivity contribution is -0.917. The molecular formula is C22H25N2O3+. The van der Waals surface area contributed by atoms with Gasteiger partial charge in [-0.3, -0.25) is 0 Å². The van der Waals surface area contributed by atoms with Crippen LogP contribution in [0.5, 0.6) is 17.2 Å². The number of ether oxygens (including phenoxy) is 3. The summed E-state index contributed by atoms with van der Waals surface area (Å²) in [5.41, 5.74) is 6.25. The lowest BCUT2D eigenvalue weighted by Gasteiger charge is -2.43. The largest absolute Gasteiger partial charge is 0.492 e. The maximum atomic E-state index is 5.90. The smallest absolute Gasteiger partial charge is 0.231 e. The number of methoxy groups -OCH3 is 1. The normalized spacial score (nSPS) is 19.9. The highest BCUT2D eigenvalue weighted by molar-refractivity contribution is 5.86. The van der Waals surface area contributed by atoms with E-state index in [1.807, 2.05) is 0 Å². The highest BCUT2D eigenvalue weighted by atomic mass is 16.7. The molecule has 5 rings (SSSR count). The first kappa shape index (κ1) is 16.5. The van der Waals surface area contributed by atoms with Crippen LogP contribution < -0.4 is 14.2 Å². The Morgan fingerprint density at radius 2 is 1.96 bits per heavy atom. The summed E-state index contributed by atoms with van der Waals surface area (Å²) in [6, 6.07) is 10.9. The van der Waals surface area contributed by atoms with Crippen LogP contribution in [0.3, 0.4) is 0 Å². The van der Waals surface area contributed by atoms with Crippen molar-refractivity contribution in [3.05, 3.63) is 52.7 Å². The van der Waals surface area contributed by atoms with Crippen molar-refractivity contribution in [3.63, 3.8) is 0 Å². The summed E-state index contributed by atoms with van der Waals surface area (Å²) < 4.78 is 18.2. The zero-order chi connectivity index (χ0) is 18.8. The Kier molecular flexibility index (Phi) is 3.46. The number of fused-ring (bicyclic) bond motifs is 3. The van der Waals surface area contributed by atoms with E-state index in [-0.39, 0.29) is 12.8 Å². The molecule has 1 atom stereocenters. The Morgan fingerprint density at radius 3 is 2.78 bits per heavy atom. The van der Waals surface area contributed by atoms with E-state index in [1.54, 1.807) is 7.11 Å². The quantitative estimate of drug-likeness (QED) is 0.700. The molecule has 2 aliphatic heterocycles. The number of quaternary nitrogens is 1. The molecule has 3 heterocycles. The Hall–Kier alpha value is -2.66. The highest BCUT2D eigenvalue weighted by Gasteiger charge is 2.43. The van der Waals surface area contributed by atoms with E-state index in [0.29, 0.717) is 0 Å². The van der Waals surface area contributed by atoms with E-state index in [4.69, 9.17) is 14.2 Å². The lowest BCUT2D eigenvalue weighted by Crippen LogP contribution is -2.48. The number of benzene rings is 2. The number of aromatic nitrogens is 1. The van der Waals surface area contributed by atoms with Crippen molar-refractivity contribution in [1.82, 2.24) is 4.98 Å². The van der Waals surface area contributed by atoms with Crippen LogP contribution in [0.4, 0.5) is 0 Å². The first-order valence-electron chi connectivity index (χ1n) is 9.40. The molecule has 27 heavy (non-hydrogen) atoms. The van der Waals surface area contributed by atoms with Crippen LogP contribution in [0.2, 0.25) is 0 Å². The van der Waals surface area contributed by atoms with Crippen LogP contribution in [0.25, 0.3) is 10.9 Å². The number of likely N-dealkylation sites (N-methyl/N-ethyl adjacent to an activating group) is 1. The number of para-hydroxylation sites is 1. The summed E-state index contributed by atoms with van der Waals surface area (Å²) in [6.07, 6.45) is 0.993. The molecule has 2 aliphatic rings. The van der Waals surface area contributed by atoms with E-state index in [2.05, 4.69) is 56.3 Å². The van der Waals surface area contributed by atoms with Gasteiger partial charge in [0.05, 0.1) is 33.3 Å². The fraction of sp³-hybridized carbons (Fsp3) is 0.364. The van der Waals surface area contributed by atoms with Crippen molar-refractivity contribution in [2.45, 2.75) is 19.4 Å². The molecule has 0 radical (unpaired) electrons. The van der Waals surface area contributed by atoms with Gasteiger partial charge in [-0.25, -0.2) is 0 Å². The van der Waals surface area contributed by atoms with Gasteiger partial charge in [0.1, 0.15) is 6.04 Å². The number of aromatic amines is 1. The minimum atomic E-state index is 0.161. The lowest BCUT2D eigenvalue weighted by atomic mass is 9.84. The molecule has 0 fully saturated rings. The second-order valence-electron chi connectivity index (χ2n) is 8.08.